The standard InChI is InChI=1S/C12H16F2N2O/c1-3-7(2)16-11(12(15)17)8-4-5-9(13)10(14)6-8/h4-7,11,16H,3H2,1-2H3,(H2,15,17). The maximum atomic E-state index is 13.1. The molecule has 17 heavy (non-hydrogen) atoms. The van der Waals surface area contributed by atoms with Crippen molar-refractivity contribution < 1.29 is 13.6 Å². The zero-order valence-corrected chi connectivity index (χ0v) is 9.84. The third kappa shape index (κ3) is 3.49. The van der Waals surface area contributed by atoms with Gasteiger partial charge in [-0.3, -0.25) is 10.1 Å². The van der Waals surface area contributed by atoms with Crippen LogP contribution in [0.3, 0.4) is 0 Å². The van der Waals surface area contributed by atoms with E-state index < -0.39 is 23.6 Å². The Morgan fingerprint density at radius 3 is 2.53 bits per heavy atom. The Kier molecular flexibility index (Phi) is 4.57. The summed E-state index contributed by atoms with van der Waals surface area (Å²) in [7, 11) is 0. The summed E-state index contributed by atoms with van der Waals surface area (Å²) in [5.41, 5.74) is 5.57. The van der Waals surface area contributed by atoms with Gasteiger partial charge in [-0.2, -0.15) is 0 Å². The molecule has 0 saturated carbocycles. The van der Waals surface area contributed by atoms with Crippen LogP contribution >= 0.6 is 0 Å². The van der Waals surface area contributed by atoms with Crippen LogP contribution in [-0.4, -0.2) is 11.9 Å². The first-order chi connectivity index (χ1) is 7.95. The highest BCUT2D eigenvalue weighted by Gasteiger charge is 2.20. The molecule has 0 aliphatic carbocycles. The Morgan fingerprint density at radius 1 is 1.41 bits per heavy atom. The van der Waals surface area contributed by atoms with Gasteiger partial charge in [-0.25, -0.2) is 8.78 Å². The number of carbonyl (C=O) groups is 1. The predicted octanol–water partition coefficient (Wildman–Crippen LogP) is 1.88. The van der Waals surface area contributed by atoms with E-state index in [-0.39, 0.29) is 6.04 Å². The number of carbonyl (C=O) groups excluding carboxylic acids is 1. The lowest BCUT2D eigenvalue weighted by Crippen LogP contribution is -2.38. The Labute approximate surface area is 99.0 Å². The molecular formula is C12H16F2N2O. The summed E-state index contributed by atoms with van der Waals surface area (Å²) < 4.78 is 25.8. The lowest BCUT2D eigenvalue weighted by molar-refractivity contribution is -0.120. The monoisotopic (exact) mass is 242 g/mol. The molecule has 2 unspecified atom stereocenters. The number of nitrogens with two attached hydrogens (primary N) is 1. The quantitative estimate of drug-likeness (QED) is 0.828. The van der Waals surface area contributed by atoms with Crippen LogP contribution in [-0.2, 0) is 4.79 Å². The molecule has 0 aliphatic heterocycles. The number of nitrogens with one attached hydrogen (secondary N) is 1. The first kappa shape index (κ1) is 13.6. The normalized spacial score (nSPS) is 14.4. The van der Waals surface area contributed by atoms with Gasteiger partial charge in [0.2, 0.25) is 5.91 Å². The number of hydrogen-bond donors (Lipinski definition) is 2. The van der Waals surface area contributed by atoms with E-state index in [4.69, 9.17) is 5.73 Å². The number of halogens is 2. The van der Waals surface area contributed by atoms with Crippen LogP contribution in [0, 0.1) is 11.6 Å². The maximum Gasteiger partial charge on any atom is 0.239 e. The zero-order valence-electron chi connectivity index (χ0n) is 9.84. The second-order valence-electron chi connectivity index (χ2n) is 3.98. The van der Waals surface area contributed by atoms with Crippen molar-refractivity contribution >= 4 is 5.91 Å². The van der Waals surface area contributed by atoms with E-state index in [1.54, 1.807) is 0 Å². The van der Waals surface area contributed by atoms with E-state index in [0.717, 1.165) is 18.6 Å². The third-order valence-corrected chi connectivity index (χ3v) is 2.63. The fourth-order valence-electron chi connectivity index (χ4n) is 1.44. The van der Waals surface area contributed by atoms with Gasteiger partial charge in [0.05, 0.1) is 0 Å². The van der Waals surface area contributed by atoms with E-state index in [9.17, 15) is 13.6 Å². The van der Waals surface area contributed by atoms with Crippen LogP contribution in [0.25, 0.3) is 0 Å². The van der Waals surface area contributed by atoms with Crippen molar-refractivity contribution in [3.63, 3.8) is 0 Å². The summed E-state index contributed by atoms with van der Waals surface area (Å²) in [5, 5.41) is 2.97. The molecule has 0 spiro atoms. The molecule has 0 saturated heterocycles. The van der Waals surface area contributed by atoms with E-state index in [0.29, 0.717) is 5.56 Å². The SMILES string of the molecule is CCC(C)NC(C(N)=O)c1ccc(F)c(F)c1. The van der Waals surface area contributed by atoms with Crippen LogP contribution in [0.1, 0.15) is 31.9 Å². The lowest BCUT2D eigenvalue weighted by Gasteiger charge is -2.20. The van der Waals surface area contributed by atoms with Crippen molar-refractivity contribution in [2.45, 2.75) is 32.4 Å². The number of amides is 1. The summed E-state index contributed by atoms with van der Waals surface area (Å²) in [6, 6.07) is 2.57. The van der Waals surface area contributed by atoms with E-state index >= 15 is 0 Å². The van der Waals surface area contributed by atoms with Gasteiger partial charge in [-0.05, 0) is 31.0 Å². The molecule has 3 N–H and O–H groups in total. The van der Waals surface area contributed by atoms with Crippen LogP contribution in [0.15, 0.2) is 18.2 Å². The Morgan fingerprint density at radius 2 is 2.06 bits per heavy atom. The third-order valence-electron chi connectivity index (χ3n) is 2.63. The average Bonchev–Trinajstić information content (AvgIpc) is 2.29. The number of primary amides is 1. The number of rotatable bonds is 5. The average molecular weight is 242 g/mol. The van der Waals surface area contributed by atoms with Gasteiger partial charge in [0.25, 0.3) is 0 Å². The molecule has 0 heterocycles. The molecule has 1 aromatic carbocycles. The van der Waals surface area contributed by atoms with Gasteiger partial charge < -0.3 is 5.73 Å². The molecular weight excluding hydrogens is 226 g/mol. The molecule has 2 atom stereocenters. The largest absolute Gasteiger partial charge is 0.368 e. The first-order valence-corrected chi connectivity index (χ1v) is 5.46. The molecule has 0 radical (unpaired) electrons. The molecule has 0 fully saturated rings. The van der Waals surface area contributed by atoms with E-state index in [1.165, 1.54) is 6.07 Å². The zero-order chi connectivity index (χ0) is 13.0. The molecule has 3 nitrogen and oxygen atoms in total. The minimum Gasteiger partial charge on any atom is -0.368 e. The molecule has 0 aromatic heterocycles. The highest BCUT2D eigenvalue weighted by molar-refractivity contribution is 5.81. The van der Waals surface area contributed by atoms with Gasteiger partial charge in [-0.1, -0.05) is 13.0 Å². The first-order valence-electron chi connectivity index (χ1n) is 5.46. The van der Waals surface area contributed by atoms with Gasteiger partial charge >= 0.3 is 0 Å². The lowest BCUT2D eigenvalue weighted by atomic mass is 10.0. The molecule has 94 valence electrons. The summed E-state index contributed by atoms with van der Waals surface area (Å²) >= 11 is 0. The molecule has 0 bridgehead atoms. The van der Waals surface area contributed by atoms with Crippen LogP contribution in [0.2, 0.25) is 0 Å². The van der Waals surface area contributed by atoms with Crippen molar-refractivity contribution in [1.82, 2.24) is 5.32 Å². The summed E-state index contributed by atoms with van der Waals surface area (Å²) in [5.74, 6) is -2.54. The van der Waals surface area contributed by atoms with Crippen LogP contribution in [0.5, 0.6) is 0 Å². The van der Waals surface area contributed by atoms with Gasteiger partial charge in [-0.15, -0.1) is 0 Å². The molecule has 1 aromatic rings. The minimum absolute atomic E-state index is 0.0561. The second kappa shape index (κ2) is 5.72. The summed E-state index contributed by atoms with van der Waals surface area (Å²) in [6.07, 6.45) is 0.799. The fraction of sp³-hybridized carbons (Fsp3) is 0.417. The number of hydrogen-bond acceptors (Lipinski definition) is 2. The Bertz CT molecular complexity index is 409. The van der Waals surface area contributed by atoms with Crippen LogP contribution < -0.4 is 11.1 Å². The van der Waals surface area contributed by atoms with Gasteiger partial charge in [0, 0.05) is 6.04 Å². The van der Waals surface area contributed by atoms with Crippen LogP contribution in [0.4, 0.5) is 8.78 Å². The van der Waals surface area contributed by atoms with E-state index in [1.807, 2.05) is 13.8 Å². The maximum absolute atomic E-state index is 13.1. The van der Waals surface area contributed by atoms with Crippen molar-refractivity contribution in [2.75, 3.05) is 0 Å². The highest BCUT2D eigenvalue weighted by Crippen LogP contribution is 2.17. The van der Waals surface area contributed by atoms with Gasteiger partial charge in [0.1, 0.15) is 6.04 Å². The molecule has 1 amide bonds. The van der Waals surface area contributed by atoms with Gasteiger partial charge in [0.15, 0.2) is 11.6 Å². The topological polar surface area (TPSA) is 55.1 Å². The van der Waals surface area contributed by atoms with Crippen molar-refractivity contribution in [3.8, 4) is 0 Å². The highest BCUT2D eigenvalue weighted by atomic mass is 19.2. The van der Waals surface area contributed by atoms with Crippen molar-refractivity contribution in [2.24, 2.45) is 5.73 Å². The van der Waals surface area contributed by atoms with Crippen molar-refractivity contribution in [1.29, 1.82) is 0 Å². The molecule has 0 aliphatic rings. The minimum atomic E-state index is -0.986. The van der Waals surface area contributed by atoms with Crippen molar-refractivity contribution in [3.05, 3.63) is 35.4 Å². The van der Waals surface area contributed by atoms with E-state index in [2.05, 4.69) is 5.32 Å². The Hall–Kier alpha value is -1.49. The summed E-state index contributed by atoms with van der Waals surface area (Å²) in [6.45, 7) is 3.83. The summed E-state index contributed by atoms with van der Waals surface area (Å²) in [4.78, 5) is 11.3. The smallest absolute Gasteiger partial charge is 0.239 e. The number of benzene rings is 1. The fourth-order valence-corrected chi connectivity index (χ4v) is 1.44. The molecule has 5 heteroatoms. The Balaban J connectivity index is 2.97. The molecule has 1 rings (SSSR count). The second-order valence-corrected chi connectivity index (χ2v) is 3.98. The predicted molar refractivity (Wildman–Crippen MR) is 61.2 cm³/mol.